The van der Waals surface area contributed by atoms with Gasteiger partial charge in [0, 0.05) is 19.3 Å². The van der Waals surface area contributed by atoms with Crippen molar-refractivity contribution in [2.24, 2.45) is 0 Å². The Hall–Kier alpha value is -2.82. The average molecular weight is 311 g/mol. The lowest BCUT2D eigenvalue weighted by molar-refractivity contribution is 0.0957. The summed E-state index contributed by atoms with van der Waals surface area (Å²) in [6.45, 7) is 4.77. The smallest absolute Gasteiger partial charge is 0.253 e. The van der Waals surface area contributed by atoms with Crippen molar-refractivity contribution in [3.8, 4) is 5.75 Å². The maximum atomic E-state index is 11.7. The first-order valence-corrected chi connectivity index (χ1v) is 7.45. The van der Waals surface area contributed by atoms with E-state index in [0.29, 0.717) is 12.1 Å². The molecule has 0 aliphatic heterocycles. The number of hydrogen-bond donors (Lipinski definition) is 2. The lowest BCUT2D eigenvalue weighted by Crippen LogP contribution is -2.23. The summed E-state index contributed by atoms with van der Waals surface area (Å²) in [5, 5.41) is 5.96. The molecular formula is C18H21N3O2. The quantitative estimate of drug-likeness (QED) is 0.736. The molecule has 1 amide bonds. The van der Waals surface area contributed by atoms with Gasteiger partial charge in [0.1, 0.15) is 11.6 Å². The van der Waals surface area contributed by atoms with E-state index in [1.165, 1.54) is 5.56 Å². The highest BCUT2D eigenvalue weighted by atomic mass is 16.5. The molecule has 1 aromatic heterocycles. The maximum Gasteiger partial charge on any atom is 0.253 e. The van der Waals surface area contributed by atoms with Gasteiger partial charge in [0.2, 0.25) is 0 Å². The van der Waals surface area contributed by atoms with Crippen LogP contribution in [0.2, 0.25) is 0 Å². The first kappa shape index (κ1) is 16.5. The molecule has 2 rings (SSSR count). The Bertz CT molecular complexity index is 636. The molecule has 120 valence electrons. The first-order valence-electron chi connectivity index (χ1n) is 7.45. The number of carbonyl (C=O) groups is 1. The zero-order chi connectivity index (χ0) is 16.5. The molecule has 0 bridgehead atoms. The van der Waals surface area contributed by atoms with E-state index in [1.54, 1.807) is 31.5 Å². The van der Waals surface area contributed by atoms with E-state index < -0.39 is 0 Å². The van der Waals surface area contributed by atoms with Gasteiger partial charge in [-0.15, -0.1) is 6.58 Å². The van der Waals surface area contributed by atoms with Crippen LogP contribution in [0.4, 0.5) is 5.82 Å². The molecule has 0 saturated heterocycles. The molecule has 0 radical (unpaired) electrons. The van der Waals surface area contributed by atoms with Gasteiger partial charge < -0.3 is 15.4 Å². The van der Waals surface area contributed by atoms with Gasteiger partial charge in [-0.1, -0.05) is 18.2 Å². The summed E-state index contributed by atoms with van der Waals surface area (Å²) in [5.74, 6) is 1.45. The first-order chi connectivity index (χ1) is 11.2. The van der Waals surface area contributed by atoms with E-state index in [4.69, 9.17) is 4.74 Å². The molecule has 5 heteroatoms. The van der Waals surface area contributed by atoms with Crippen LogP contribution < -0.4 is 15.4 Å². The highest BCUT2D eigenvalue weighted by Crippen LogP contribution is 2.12. The summed E-state index contributed by atoms with van der Waals surface area (Å²) < 4.78 is 5.13. The lowest BCUT2D eigenvalue weighted by Gasteiger charge is -2.07. The molecule has 0 aliphatic rings. The summed E-state index contributed by atoms with van der Waals surface area (Å²) in [6.07, 6.45) is 4.09. The average Bonchev–Trinajstić information content (AvgIpc) is 2.61. The summed E-state index contributed by atoms with van der Waals surface area (Å²) in [4.78, 5) is 16.0. The molecule has 5 nitrogen and oxygen atoms in total. The maximum absolute atomic E-state index is 11.7. The Morgan fingerprint density at radius 2 is 2.04 bits per heavy atom. The minimum absolute atomic E-state index is 0.151. The van der Waals surface area contributed by atoms with Crippen molar-refractivity contribution in [2.45, 2.75) is 6.42 Å². The number of anilines is 1. The van der Waals surface area contributed by atoms with Crippen molar-refractivity contribution >= 4 is 11.7 Å². The number of hydrogen-bond acceptors (Lipinski definition) is 4. The second-order valence-corrected chi connectivity index (χ2v) is 4.96. The second-order valence-electron chi connectivity index (χ2n) is 4.96. The number of aromatic nitrogens is 1. The number of carbonyl (C=O) groups excluding carboxylic acids is 1. The van der Waals surface area contributed by atoms with Crippen LogP contribution in [0, 0.1) is 0 Å². The number of rotatable bonds is 8. The van der Waals surface area contributed by atoms with E-state index in [-0.39, 0.29) is 5.91 Å². The molecule has 0 spiro atoms. The fraction of sp³-hybridized carbons (Fsp3) is 0.222. The van der Waals surface area contributed by atoms with Gasteiger partial charge in [-0.2, -0.15) is 0 Å². The monoisotopic (exact) mass is 311 g/mol. The molecule has 1 heterocycles. The molecule has 0 aliphatic carbocycles. The molecule has 2 N–H and O–H groups in total. The Kier molecular flexibility index (Phi) is 6.17. The normalized spacial score (nSPS) is 9.96. The van der Waals surface area contributed by atoms with Crippen LogP contribution in [-0.2, 0) is 6.42 Å². The number of nitrogens with zero attached hydrogens (tertiary/aromatic N) is 1. The van der Waals surface area contributed by atoms with Gasteiger partial charge in [0.15, 0.2) is 0 Å². The standard InChI is InChI=1S/C18H21N3O2/c1-3-11-20-18(22)15-6-9-17(21-13-15)19-12-10-14-4-7-16(23-2)8-5-14/h3-9,13H,1,10-12H2,2H3,(H,19,21)(H,20,22). The fourth-order valence-corrected chi connectivity index (χ4v) is 2.03. The Balaban J connectivity index is 1.81. The van der Waals surface area contributed by atoms with E-state index in [2.05, 4.69) is 22.2 Å². The van der Waals surface area contributed by atoms with Gasteiger partial charge in [0.25, 0.3) is 5.91 Å². The predicted molar refractivity (Wildman–Crippen MR) is 92.0 cm³/mol. The van der Waals surface area contributed by atoms with Crippen LogP contribution in [0.15, 0.2) is 55.3 Å². The number of nitrogens with one attached hydrogen (secondary N) is 2. The molecule has 1 aromatic carbocycles. The van der Waals surface area contributed by atoms with Gasteiger partial charge >= 0.3 is 0 Å². The van der Waals surface area contributed by atoms with Crippen LogP contribution in [0.25, 0.3) is 0 Å². The van der Waals surface area contributed by atoms with E-state index in [0.717, 1.165) is 24.5 Å². The van der Waals surface area contributed by atoms with Gasteiger partial charge in [-0.05, 0) is 36.2 Å². The van der Waals surface area contributed by atoms with Crippen LogP contribution in [-0.4, -0.2) is 31.1 Å². The lowest BCUT2D eigenvalue weighted by atomic mass is 10.1. The molecule has 0 saturated carbocycles. The highest BCUT2D eigenvalue weighted by Gasteiger charge is 2.04. The Morgan fingerprint density at radius 1 is 1.26 bits per heavy atom. The molecule has 23 heavy (non-hydrogen) atoms. The molecule has 0 unspecified atom stereocenters. The third-order valence-electron chi connectivity index (χ3n) is 3.31. The molecule has 0 atom stereocenters. The van der Waals surface area contributed by atoms with Crippen LogP contribution in [0.5, 0.6) is 5.75 Å². The number of methoxy groups -OCH3 is 1. The molecule has 0 fully saturated rings. The second kappa shape index (κ2) is 8.58. The summed E-state index contributed by atoms with van der Waals surface area (Å²) in [6, 6.07) is 11.5. The number of benzene rings is 1. The van der Waals surface area contributed by atoms with Crippen molar-refractivity contribution in [1.29, 1.82) is 0 Å². The third-order valence-corrected chi connectivity index (χ3v) is 3.31. The van der Waals surface area contributed by atoms with Crippen LogP contribution in [0.1, 0.15) is 15.9 Å². The topological polar surface area (TPSA) is 63.2 Å². The molecular weight excluding hydrogens is 290 g/mol. The van der Waals surface area contributed by atoms with Gasteiger partial charge in [-0.3, -0.25) is 4.79 Å². The van der Waals surface area contributed by atoms with Crippen LogP contribution in [0.3, 0.4) is 0 Å². The van der Waals surface area contributed by atoms with Crippen molar-refractivity contribution in [1.82, 2.24) is 10.3 Å². The summed E-state index contributed by atoms with van der Waals surface area (Å²) >= 11 is 0. The third kappa shape index (κ3) is 5.14. The minimum Gasteiger partial charge on any atom is -0.497 e. The minimum atomic E-state index is -0.151. The highest BCUT2D eigenvalue weighted by molar-refractivity contribution is 5.94. The van der Waals surface area contributed by atoms with Crippen molar-refractivity contribution in [3.05, 3.63) is 66.4 Å². The Labute approximate surface area is 136 Å². The number of amides is 1. The van der Waals surface area contributed by atoms with Gasteiger partial charge in [0.05, 0.1) is 12.7 Å². The van der Waals surface area contributed by atoms with E-state index in [1.807, 2.05) is 24.3 Å². The summed E-state index contributed by atoms with van der Waals surface area (Å²) in [5.41, 5.74) is 1.76. The van der Waals surface area contributed by atoms with Gasteiger partial charge in [-0.25, -0.2) is 4.98 Å². The van der Waals surface area contributed by atoms with Crippen molar-refractivity contribution in [2.75, 3.05) is 25.5 Å². The van der Waals surface area contributed by atoms with Crippen molar-refractivity contribution < 1.29 is 9.53 Å². The molecule has 2 aromatic rings. The van der Waals surface area contributed by atoms with Crippen molar-refractivity contribution in [3.63, 3.8) is 0 Å². The zero-order valence-corrected chi connectivity index (χ0v) is 13.2. The number of pyridine rings is 1. The largest absolute Gasteiger partial charge is 0.497 e. The van der Waals surface area contributed by atoms with E-state index >= 15 is 0 Å². The van der Waals surface area contributed by atoms with Crippen LogP contribution >= 0.6 is 0 Å². The Morgan fingerprint density at radius 3 is 2.65 bits per heavy atom. The fourth-order valence-electron chi connectivity index (χ4n) is 2.03. The summed E-state index contributed by atoms with van der Waals surface area (Å²) in [7, 11) is 1.66. The number of ether oxygens (including phenoxy) is 1. The SMILES string of the molecule is C=CCNC(=O)c1ccc(NCCc2ccc(OC)cc2)nc1. The van der Waals surface area contributed by atoms with E-state index in [9.17, 15) is 4.79 Å². The predicted octanol–water partition coefficient (Wildman–Crippen LogP) is 2.66. The zero-order valence-electron chi connectivity index (χ0n) is 13.2.